The lowest BCUT2D eigenvalue weighted by molar-refractivity contribution is 0.508. The van der Waals surface area contributed by atoms with E-state index in [9.17, 15) is 17.2 Å². The highest BCUT2D eigenvalue weighted by atomic mass is 35.7. The van der Waals surface area contributed by atoms with E-state index in [0.29, 0.717) is 0 Å². The lowest BCUT2D eigenvalue weighted by atomic mass is 10.2. The van der Waals surface area contributed by atoms with Crippen molar-refractivity contribution in [1.82, 2.24) is 0 Å². The molecule has 0 bridgehead atoms. The largest absolute Gasteiger partial charge is 0.236 e. The summed E-state index contributed by atoms with van der Waals surface area (Å²) >= 11 is 5.37. The van der Waals surface area contributed by atoms with Gasteiger partial charge in [-0.1, -0.05) is 17.7 Å². The third-order valence-electron chi connectivity index (χ3n) is 1.44. The first kappa shape index (κ1) is 11.7. The van der Waals surface area contributed by atoms with E-state index in [4.69, 9.17) is 22.3 Å². The molecule has 0 aromatic heterocycles. The molecular weight excluding hydrogens is 257 g/mol. The Morgan fingerprint density at radius 2 is 1.86 bits per heavy atom. The first-order valence-electron chi connectivity index (χ1n) is 3.36. The molecule has 7 heteroatoms. The predicted octanol–water partition coefficient (Wildman–Crippen LogP) is 2.69. The lowest BCUT2D eigenvalue weighted by Crippen LogP contribution is -1.98. The molecule has 0 aliphatic carbocycles. The molecule has 1 aromatic rings. The summed E-state index contributed by atoms with van der Waals surface area (Å²) in [6.07, 6.45) is 0. The number of benzene rings is 1. The van der Waals surface area contributed by atoms with Crippen LogP contribution in [0.1, 0.15) is 5.56 Å². The maximum absolute atomic E-state index is 12.8. The van der Waals surface area contributed by atoms with Gasteiger partial charge in [-0.2, -0.15) is 0 Å². The van der Waals surface area contributed by atoms with Crippen molar-refractivity contribution in [3.63, 3.8) is 0 Å². The minimum absolute atomic E-state index is 0.0689. The quantitative estimate of drug-likeness (QED) is 0.605. The second-order valence-corrected chi connectivity index (χ2v) is 5.67. The van der Waals surface area contributed by atoms with Gasteiger partial charge in [0.15, 0.2) is 11.6 Å². The zero-order valence-corrected chi connectivity index (χ0v) is 8.93. The van der Waals surface area contributed by atoms with Crippen LogP contribution in [0.5, 0.6) is 0 Å². The molecule has 0 atom stereocenters. The van der Waals surface area contributed by atoms with Crippen molar-refractivity contribution in [2.45, 2.75) is 5.75 Å². The average molecular weight is 261 g/mol. The van der Waals surface area contributed by atoms with Crippen LogP contribution < -0.4 is 0 Å². The topological polar surface area (TPSA) is 34.1 Å². The highest BCUT2D eigenvalue weighted by Crippen LogP contribution is 2.24. The van der Waals surface area contributed by atoms with E-state index in [1.54, 1.807) is 0 Å². The van der Waals surface area contributed by atoms with Crippen molar-refractivity contribution in [3.8, 4) is 0 Å². The second-order valence-electron chi connectivity index (χ2n) is 2.52. The Hall–Kier alpha value is -0.390. The molecule has 2 nitrogen and oxygen atoms in total. The van der Waals surface area contributed by atoms with Crippen LogP contribution in [-0.4, -0.2) is 8.42 Å². The molecule has 0 saturated heterocycles. The lowest BCUT2D eigenvalue weighted by Gasteiger charge is -2.02. The van der Waals surface area contributed by atoms with E-state index in [1.165, 1.54) is 0 Å². The first-order valence-corrected chi connectivity index (χ1v) is 6.21. The molecule has 1 aromatic carbocycles. The van der Waals surface area contributed by atoms with Crippen molar-refractivity contribution in [2.75, 3.05) is 0 Å². The molecular formula is C7H4Cl2F2O2S. The van der Waals surface area contributed by atoms with Crippen molar-refractivity contribution in [3.05, 3.63) is 34.4 Å². The predicted molar refractivity (Wildman–Crippen MR) is 49.8 cm³/mol. The number of halogens is 4. The van der Waals surface area contributed by atoms with Gasteiger partial charge in [-0.05, 0) is 11.6 Å². The van der Waals surface area contributed by atoms with E-state index in [-0.39, 0.29) is 5.56 Å². The Balaban J connectivity index is 3.19. The Kier molecular flexibility index (Phi) is 3.34. The van der Waals surface area contributed by atoms with Gasteiger partial charge in [0.05, 0.1) is 10.8 Å². The first-order chi connectivity index (χ1) is 6.31. The molecule has 0 unspecified atom stereocenters. The molecule has 0 amide bonds. The van der Waals surface area contributed by atoms with Crippen LogP contribution in [0.15, 0.2) is 12.1 Å². The van der Waals surface area contributed by atoms with Crippen LogP contribution in [0.2, 0.25) is 5.02 Å². The molecule has 0 saturated carbocycles. The van der Waals surface area contributed by atoms with E-state index >= 15 is 0 Å². The molecule has 78 valence electrons. The van der Waals surface area contributed by atoms with Gasteiger partial charge in [-0.25, -0.2) is 17.2 Å². The normalized spacial score (nSPS) is 11.7. The molecule has 0 aliphatic heterocycles. The summed E-state index contributed by atoms with van der Waals surface area (Å²) < 4.78 is 46.7. The molecule has 1 rings (SSSR count). The van der Waals surface area contributed by atoms with Gasteiger partial charge in [0.1, 0.15) is 0 Å². The van der Waals surface area contributed by atoms with Crippen LogP contribution in [0.25, 0.3) is 0 Å². The summed E-state index contributed by atoms with van der Waals surface area (Å²) in [6.45, 7) is 0. The maximum atomic E-state index is 12.8. The van der Waals surface area contributed by atoms with Gasteiger partial charge in [-0.15, -0.1) is 0 Å². The molecule has 0 spiro atoms. The molecule has 0 aliphatic rings. The molecule has 0 radical (unpaired) electrons. The van der Waals surface area contributed by atoms with Gasteiger partial charge in [-0.3, -0.25) is 0 Å². The monoisotopic (exact) mass is 260 g/mol. The number of hydrogen-bond acceptors (Lipinski definition) is 2. The summed E-state index contributed by atoms with van der Waals surface area (Å²) in [7, 11) is 1.10. The van der Waals surface area contributed by atoms with E-state index in [0.717, 1.165) is 12.1 Å². The third kappa shape index (κ3) is 2.80. The van der Waals surface area contributed by atoms with Crippen LogP contribution >= 0.6 is 22.3 Å². The van der Waals surface area contributed by atoms with E-state index < -0.39 is 31.5 Å². The van der Waals surface area contributed by atoms with Crippen LogP contribution in [0.4, 0.5) is 8.78 Å². The van der Waals surface area contributed by atoms with Crippen molar-refractivity contribution >= 4 is 31.3 Å². The van der Waals surface area contributed by atoms with Gasteiger partial charge in [0, 0.05) is 10.7 Å². The fraction of sp³-hybridized carbons (Fsp3) is 0.143. The standard InChI is InChI=1S/C7H4Cl2F2O2S/c8-6-4(3-14(9,12)13)1-2-5(10)7(6)11/h1-2H,3H2. The smallest absolute Gasteiger partial charge is 0.212 e. The molecule has 0 heterocycles. The van der Waals surface area contributed by atoms with Crippen molar-refractivity contribution < 1.29 is 17.2 Å². The van der Waals surface area contributed by atoms with Crippen molar-refractivity contribution in [1.29, 1.82) is 0 Å². The van der Waals surface area contributed by atoms with E-state index in [1.807, 2.05) is 0 Å². The van der Waals surface area contributed by atoms with Gasteiger partial charge >= 0.3 is 0 Å². The Morgan fingerprint density at radius 1 is 1.29 bits per heavy atom. The Bertz CT molecular complexity index is 459. The number of hydrogen-bond donors (Lipinski definition) is 0. The van der Waals surface area contributed by atoms with Crippen LogP contribution in [-0.2, 0) is 14.8 Å². The summed E-state index contributed by atoms with van der Waals surface area (Å²) in [5, 5.41) is -0.561. The van der Waals surface area contributed by atoms with Crippen molar-refractivity contribution in [2.24, 2.45) is 0 Å². The van der Waals surface area contributed by atoms with Gasteiger partial charge in [0.25, 0.3) is 0 Å². The third-order valence-corrected chi connectivity index (χ3v) is 2.83. The van der Waals surface area contributed by atoms with Crippen LogP contribution in [0.3, 0.4) is 0 Å². The Labute approximate surface area is 88.9 Å². The zero-order valence-electron chi connectivity index (χ0n) is 6.60. The molecule has 0 fully saturated rings. The van der Waals surface area contributed by atoms with Gasteiger partial charge < -0.3 is 0 Å². The minimum atomic E-state index is -3.83. The SMILES string of the molecule is O=S(=O)(Cl)Cc1ccc(F)c(F)c1Cl. The highest BCUT2D eigenvalue weighted by Gasteiger charge is 2.15. The van der Waals surface area contributed by atoms with Gasteiger partial charge in [0.2, 0.25) is 9.05 Å². The Morgan fingerprint density at radius 3 is 2.36 bits per heavy atom. The summed E-state index contributed by atoms with van der Waals surface area (Å²) in [4.78, 5) is 0. The highest BCUT2D eigenvalue weighted by molar-refractivity contribution is 8.13. The fourth-order valence-electron chi connectivity index (χ4n) is 0.863. The summed E-state index contributed by atoms with van der Waals surface area (Å²) in [5.74, 6) is -3.04. The van der Waals surface area contributed by atoms with E-state index in [2.05, 4.69) is 0 Å². The number of rotatable bonds is 2. The average Bonchev–Trinajstić information content (AvgIpc) is 2.04. The summed E-state index contributed by atoms with van der Waals surface area (Å²) in [5.41, 5.74) is -0.0689. The summed E-state index contributed by atoms with van der Waals surface area (Å²) in [6, 6.07) is 1.86. The minimum Gasteiger partial charge on any atom is -0.212 e. The molecule has 0 N–H and O–H groups in total. The molecule has 14 heavy (non-hydrogen) atoms. The second kappa shape index (κ2) is 4.00. The van der Waals surface area contributed by atoms with Crippen LogP contribution in [0, 0.1) is 11.6 Å². The zero-order chi connectivity index (χ0) is 10.9. The fourth-order valence-corrected chi connectivity index (χ4v) is 2.13. The maximum Gasteiger partial charge on any atom is 0.236 e.